The van der Waals surface area contributed by atoms with Crippen LogP contribution in [0.25, 0.3) is 0 Å². The summed E-state index contributed by atoms with van der Waals surface area (Å²) in [6.07, 6.45) is 0. The lowest BCUT2D eigenvalue weighted by molar-refractivity contribution is -0.114. The van der Waals surface area contributed by atoms with E-state index >= 15 is 0 Å². The molecule has 0 radical (unpaired) electrons. The standard InChI is InChI=1S/C23H21FN2O6S/c1-31-20-11-13-21(14-12-20)33(29,30)26(19-9-5-17(24)6-10-19)15-22(27)25-18-7-3-16(4-8-18)23(28)32-2/h3-14H,15H2,1-2H3,(H,25,27). The number of halogens is 1. The topological polar surface area (TPSA) is 102 Å². The number of ether oxygens (including phenoxy) is 2. The predicted octanol–water partition coefficient (Wildman–Crippen LogP) is 3.45. The van der Waals surface area contributed by atoms with Crippen molar-refractivity contribution in [3.63, 3.8) is 0 Å². The Morgan fingerprint density at radius 2 is 1.52 bits per heavy atom. The molecule has 33 heavy (non-hydrogen) atoms. The van der Waals surface area contributed by atoms with Gasteiger partial charge in [0.2, 0.25) is 5.91 Å². The highest BCUT2D eigenvalue weighted by Gasteiger charge is 2.27. The van der Waals surface area contributed by atoms with Crippen LogP contribution in [0.15, 0.2) is 77.7 Å². The van der Waals surface area contributed by atoms with E-state index in [1.165, 1.54) is 74.9 Å². The molecule has 0 aromatic heterocycles. The first-order chi connectivity index (χ1) is 15.7. The number of methoxy groups -OCH3 is 2. The van der Waals surface area contributed by atoms with Crippen molar-refractivity contribution in [3.8, 4) is 5.75 Å². The molecule has 1 amide bonds. The van der Waals surface area contributed by atoms with Gasteiger partial charge in [-0.05, 0) is 72.8 Å². The number of carbonyl (C=O) groups is 2. The highest BCUT2D eigenvalue weighted by Crippen LogP contribution is 2.25. The number of hydrogen-bond donors (Lipinski definition) is 1. The molecule has 0 aliphatic heterocycles. The Morgan fingerprint density at radius 1 is 0.909 bits per heavy atom. The van der Waals surface area contributed by atoms with Gasteiger partial charge in [-0.15, -0.1) is 0 Å². The Kier molecular flexibility index (Phi) is 7.29. The second-order valence-electron chi connectivity index (χ2n) is 6.78. The number of anilines is 2. The van der Waals surface area contributed by atoms with E-state index in [1.54, 1.807) is 0 Å². The summed E-state index contributed by atoms with van der Waals surface area (Å²) < 4.78 is 50.6. The first kappa shape index (κ1) is 23.7. The third-order valence-corrected chi connectivity index (χ3v) is 6.43. The Labute approximate surface area is 190 Å². The number of amides is 1. The summed E-state index contributed by atoms with van der Waals surface area (Å²) >= 11 is 0. The monoisotopic (exact) mass is 472 g/mol. The second kappa shape index (κ2) is 10.1. The van der Waals surface area contributed by atoms with E-state index in [9.17, 15) is 22.4 Å². The highest BCUT2D eigenvalue weighted by atomic mass is 32.2. The smallest absolute Gasteiger partial charge is 0.337 e. The van der Waals surface area contributed by atoms with Gasteiger partial charge in [-0.2, -0.15) is 0 Å². The Bertz CT molecular complexity index is 1230. The van der Waals surface area contributed by atoms with Gasteiger partial charge in [0.05, 0.1) is 30.4 Å². The van der Waals surface area contributed by atoms with Crippen molar-refractivity contribution >= 4 is 33.3 Å². The van der Waals surface area contributed by atoms with Crippen LogP contribution in [0.4, 0.5) is 15.8 Å². The second-order valence-corrected chi connectivity index (χ2v) is 8.64. The number of sulfonamides is 1. The van der Waals surface area contributed by atoms with Crippen molar-refractivity contribution in [1.29, 1.82) is 0 Å². The maximum atomic E-state index is 13.4. The molecule has 8 nitrogen and oxygen atoms in total. The lowest BCUT2D eigenvalue weighted by Gasteiger charge is -2.24. The fourth-order valence-corrected chi connectivity index (χ4v) is 4.36. The van der Waals surface area contributed by atoms with E-state index in [-0.39, 0.29) is 10.6 Å². The van der Waals surface area contributed by atoms with E-state index in [0.29, 0.717) is 17.0 Å². The number of nitrogens with one attached hydrogen (secondary N) is 1. The van der Waals surface area contributed by atoms with E-state index in [4.69, 9.17) is 4.74 Å². The van der Waals surface area contributed by atoms with Crippen LogP contribution in [0.3, 0.4) is 0 Å². The van der Waals surface area contributed by atoms with Gasteiger partial charge in [0.1, 0.15) is 18.1 Å². The van der Waals surface area contributed by atoms with Gasteiger partial charge in [0.15, 0.2) is 0 Å². The SMILES string of the molecule is COC(=O)c1ccc(NC(=O)CN(c2ccc(F)cc2)S(=O)(=O)c2ccc(OC)cc2)cc1. The van der Waals surface area contributed by atoms with Crippen LogP contribution in [-0.2, 0) is 19.6 Å². The summed E-state index contributed by atoms with van der Waals surface area (Å²) in [7, 11) is -1.46. The zero-order valence-electron chi connectivity index (χ0n) is 17.8. The molecule has 3 aromatic carbocycles. The maximum Gasteiger partial charge on any atom is 0.337 e. The van der Waals surface area contributed by atoms with Gasteiger partial charge < -0.3 is 14.8 Å². The molecule has 0 aliphatic rings. The first-order valence-electron chi connectivity index (χ1n) is 9.65. The molecule has 10 heteroatoms. The zero-order valence-corrected chi connectivity index (χ0v) is 18.6. The van der Waals surface area contributed by atoms with Crippen LogP contribution in [0.1, 0.15) is 10.4 Å². The van der Waals surface area contributed by atoms with Crippen LogP contribution in [0.2, 0.25) is 0 Å². The molecule has 172 valence electrons. The first-order valence-corrected chi connectivity index (χ1v) is 11.1. The molecule has 0 saturated carbocycles. The number of benzene rings is 3. The summed E-state index contributed by atoms with van der Waals surface area (Å²) in [6.45, 7) is -0.571. The third-order valence-electron chi connectivity index (χ3n) is 4.64. The molecule has 0 unspecified atom stereocenters. The fourth-order valence-electron chi connectivity index (χ4n) is 2.94. The van der Waals surface area contributed by atoms with Crippen molar-refractivity contribution in [3.05, 3.63) is 84.2 Å². The molecule has 3 aromatic rings. The molecule has 0 saturated heterocycles. The Morgan fingerprint density at radius 3 is 2.06 bits per heavy atom. The van der Waals surface area contributed by atoms with Gasteiger partial charge in [-0.25, -0.2) is 17.6 Å². The van der Waals surface area contributed by atoms with E-state index < -0.39 is 34.3 Å². The summed E-state index contributed by atoms with van der Waals surface area (Å²) in [6, 6.07) is 16.4. The van der Waals surface area contributed by atoms with Crippen molar-refractivity contribution < 1.29 is 31.9 Å². The molecule has 0 heterocycles. The van der Waals surface area contributed by atoms with Crippen LogP contribution < -0.4 is 14.4 Å². The lowest BCUT2D eigenvalue weighted by atomic mass is 10.2. The van der Waals surface area contributed by atoms with E-state index in [1.807, 2.05) is 0 Å². The molecular formula is C23H21FN2O6S. The highest BCUT2D eigenvalue weighted by molar-refractivity contribution is 7.92. The molecule has 3 rings (SSSR count). The molecule has 0 bridgehead atoms. The van der Waals surface area contributed by atoms with Gasteiger partial charge >= 0.3 is 5.97 Å². The summed E-state index contributed by atoms with van der Waals surface area (Å²) in [5.74, 6) is -1.24. The number of esters is 1. The number of rotatable bonds is 8. The quantitative estimate of drug-likeness (QED) is 0.504. The van der Waals surface area contributed by atoms with Crippen LogP contribution >= 0.6 is 0 Å². The molecule has 0 spiro atoms. The average Bonchev–Trinajstić information content (AvgIpc) is 2.83. The fraction of sp³-hybridized carbons (Fsp3) is 0.130. The Balaban J connectivity index is 1.87. The van der Waals surface area contributed by atoms with Crippen molar-refractivity contribution in [2.45, 2.75) is 4.90 Å². The maximum absolute atomic E-state index is 13.4. The van der Waals surface area contributed by atoms with Gasteiger partial charge in [-0.1, -0.05) is 0 Å². The summed E-state index contributed by atoms with van der Waals surface area (Å²) in [5.41, 5.74) is 0.766. The lowest BCUT2D eigenvalue weighted by Crippen LogP contribution is -2.38. The number of nitrogens with zero attached hydrogens (tertiary/aromatic N) is 1. The molecule has 0 aliphatic carbocycles. The minimum Gasteiger partial charge on any atom is -0.497 e. The van der Waals surface area contributed by atoms with Crippen molar-refractivity contribution in [2.75, 3.05) is 30.4 Å². The predicted molar refractivity (Wildman–Crippen MR) is 120 cm³/mol. The molecule has 1 N–H and O–H groups in total. The normalized spacial score (nSPS) is 10.9. The van der Waals surface area contributed by atoms with Crippen LogP contribution in [0.5, 0.6) is 5.75 Å². The average molecular weight is 472 g/mol. The van der Waals surface area contributed by atoms with Gasteiger partial charge in [-0.3, -0.25) is 9.10 Å². The number of hydrogen-bond acceptors (Lipinski definition) is 6. The summed E-state index contributed by atoms with van der Waals surface area (Å²) in [5, 5.41) is 2.59. The van der Waals surface area contributed by atoms with Crippen molar-refractivity contribution in [2.24, 2.45) is 0 Å². The largest absolute Gasteiger partial charge is 0.497 e. The minimum absolute atomic E-state index is 0.0668. The van der Waals surface area contributed by atoms with Gasteiger partial charge in [0, 0.05) is 5.69 Å². The summed E-state index contributed by atoms with van der Waals surface area (Å²) in [4.78, 5) is 24.2. The molecule has 0 fully saturated rings. The zero-order chi connectivity index (χ0) is 24.0. The molecule has 0 atom stereocenters. The number of carbonyl (C=O) groups excluding carboxylic acids is 2. The van der Waals surface area contributed by atoms with Crippen LogP contribution in [0, 0.1) is 5.82 Å². The van der Waals surface area contributed by atoms with E-state index in [2.05, 4.69) is 10.1 Å². The minimum atomic E-state index is -4.17. The molecular weight excluding hydrogens is 451 g/mol. The third kappa shape index (κ3) is 5.66. The Hall–Kier alpha value is -3.92. The van der Waals surface area contributed by atoms with Crippen LogP contribution in [-0.4, -0.2) is 41.1 Å². The van der Waals surface area contributed by atoms with Gasteiger partial charge in [0.25, 0.3) is 10.0 Å². The van der Waals surface area contributed by atoms with E-state index in [0.717, 1.165) is 16.4 Å². The van der Waals surface area contributed by atoms with Crippen molar-refractivity contribution in [1.82, 2.24) is 0 Å².